The van der Waals surface area contributed by atoms with Crippen molar-refractivity contribution < 1.29 is 4.74 Å². The van der Waals surface area contributed by atoms with Crippen molar-refractivity contribution in [2.75, 3.05) is 26.8 Å². The van der Waals surface area contributed by atoms with Gasteiger partial charge in [-0.15, -0.1) is 0 Å². The lowest BCUT2D eigenvalue weighted by Crippen LogP contribution is -2.30. The lowest BCUT2D eigenvalue weighted by Gasteiger charge is -2.21. The predicted octanol–water partition coefficient (Wildman–Crippen LogP) is 0.856. The number of nitrogens with two attached hydrogens (primary N) is 1. The van der Waals surface area contributed by atoms with Crippen molar-refractivity contribution in [3.8, 4) is 0 Å². The Morgan fingerprint density at radius 3 is 2.71 bits per heavy atom. The van der Waals surface area contributed by atoms with E-state index in [4.69, 9.17) is 15.9 Å². The zero-order chi connectivity index (χ0) is 12.5. The third-order valence-corrected chi connectivity index (χ3v) is 2.46. The van der Waals surface area contributed by atoms with Crippen molar-refractivity contribution in [2.45, 2.75) is 13.0 Å². The van der Waals surface area contributed by atoms with Crippen LogP contribution in [0.1, 0.15) is 12.0 Å². The summed E-state index contributed by atoms with van der Waals surface area (Å²) in [5.41, 5.74) is 6.59. The molecule has 0 bridgehead atoms. The summed E-state index contributed by atoms with van der Waals surface area (Å²) < 4.78 is 5.08. The van der Waals surface area contributed by atoms with Gasteiger partial charge in [0.25, 0.3) is 0 Å². The molecule has 3 N–H and O–H groups in total. The SMILES string of the molecule is COCCN(CCC(=N)N)Cc1ccncc1. The van der Waals surface area contributed by atoms with Crippen LogP contribution in [-0.2, 0) is 11.3 Å². The van der Waals surface area contributed by atoms with Crippen LogP contribution in [0.5, 0.6) is 0 Å². The van der Waals surface area contributed by atoms with Gasteiger partial charge in [-0.05, 0) is 17.7 Å². The van der Waals surface area contributed by atoms with E-state index < -0.39 is 0 Å². The number of hydrogen-bond donors (Lipinski definition) is 2. The third kappa shape index (κ3) is 5.99. The first-order valence-electron chi connectivity index (χ1n) is 5.65. The average molecular weight is 236 g/mol. The van der Waals surface area contributed by atoms with Crippen LogP contribution >= 0.6 is 0 Å². The summed E-state index contributed by atoms with van der Waals surface area (Å²) in [4.78, 5) is 6.21. The van der Waals surface area contributed by atoms with Gasteiger partial charge in [0, 0.05) is 45.6 Å². The topological polar surface area (TPSA) is 75.2 Å². The number of ether oxygens (including phenoxy) is 1. The fourth-order valence-electron chi connectivity index (χ4n) is 1.52. The normalized spacial score (nSPS) is 10.7. The largest absolute Gasteiger partial charge is 0.388 e. The molecule has 0 aliphatic heterocycles. The highest BCUT2D eigenvalue weighted by Gasteiger charge is 2.06. The van der Waals surface area contributed by atoms with Crippen molar-refractivity contribution in [3.05, 3.63) is 30.1 Å². The molecule has 0 saturated carbocycles. The molecule has 0 amide bonds. The van der Waals surface area contributed by atoms with Crippen molar-refractivity contribution in [2.24, 2.45) is 5.73 Å². The molecule has 0 fully saturated rings. The quantitative estimate of drug-likeness (QED) is 0.518. The molecular formula is C12H20N4O. The summed E-state index contributed by atoms with van der Waals surface area (Å²) in [7, 11) is 1.69. The Balaban J connectivity index is 2.47. The number of aromatic nitrogens is 1. The molecule has 0 aliphatic carbocycles. The monoisotopic (exact) mass is 236 g/mol. The van der Waals surface area contributed by atoms with Crippen molar-refractivity contribution in [3.63, 3.8) is 0 Å². The van der Waals surface area contributed by atoms with E-state index in [1.807, 2.05) is 12.1 Å². The fraction of sp³-hybridized carbons (Fsp3) is 0.500. The summed E-state index contributed by atoms with van der Waals surface area (Å²) >= 11 is 0. The predicted molar refractivity (Wildman–Crippen MR) is 67.9 cm³/mol. The molecule has 1 rings (SSSR count). The minimum atomic E-state index is 0.224. The van der Waals surface area contributed by atoms with Crippen LogP contribution in [0.25, 0.3) is 0 Å². The smallest absolute Gasteiger partial charge is 0.0918 e. The van der Waals surface area contributed by atoms with E-state index in [2.05, 4.69) is 9.88 Å². The van der Waals surface area contributed by atoms with Gasteiger partial charge in [-0.1, -0.05) is 0 Å². The van der Waals surface area contributed by atoms with Crippen molar-refractivity contribution in [1.29, 1.82) is 5.41 Å². The summed E-state index contributed by atoms with van der Waals surface area (Å²) in [5.74, 6) is 0.224. The number of methoxy groups -OCH3 is 1. The van der Waals surface area contributed by atoms with E-state index in [-0.39, 0.29) is 5.84 Å². The van der Waals surface area contributed by atoms with Gasteiger partial charge >= 0.3 is 0 Å². The van der Waals surface area contributed by atoms with Crippen LogP contribution < -0.4 is 5.73 Å². The number of nitrogens with zero attached hydrogens (tertiary/aromatic N) is 2. The van der Waals surface area contributed by atoms with Gasteiger partial charge in [0.2, 0.25) is 0 Å². The fourth-order valence-corrected chi connectivity index (χ4v) is 1.52. The first kappa shape index (κ1) is 13.6. The van der Waals surface area contributed by atoms with E-state index in [9.17, 15) is 0 Å². The summed E-state index contributed by atoms with van der Waals surface area (Å²) in [5, 5.41) is 7.25. The Labute approximate surface area is 102 Å². The second kappa shape index (κ2) is 7.76. The maximum atomic E-state index is 7.25. The molecule has 17 heavy (non-hydrogen) atoms. The summed E-state index contributed by atoms with van der Waals surface area (Å²) in [6.45, 7) is 3.13. The van der Waals surface area contributed by atoms with Gasteiger partial charge in [-0.25, -0.2) is 0 Å². The number of nitrogens with one attached hydrogen (secondary N) is 1. The van der Waals surface area contributed by atoms with Crippen LogP contribution in [-0.4, -0.2) is 42.5 Å². The zero-order valence-corrected chi connectivity index (χ0v) is 10.2. The number of hydrogen-bond acceptors (Lipinski definition) is 4. The van der Waals surface area contributed by atoms with Crippen LogP contribution in [0.15, 0.2) is 24.5 Å². The Morgan fingerprint density at radius 2 is 2.12 bits per heavy atom. The minimum Gasteiger partial charge on any atom is -0.388 e. The molecule has 0 spiro atoms. The van der Waals surface area contributed by atoms with Crippen molar-refractivity contribution >= 4 is 5.84 Å². The highest BCUT2D eigenvalue weighted by atomic mass is 16.5. The summed E-state index contributed by atoms with van der Waals surface area (Å²) in [6, 6.07) is 3.99. The second-order valence-corrected chi connectivity index (χ2v) is 3.90. The van der Waals surface area contributed by atoms with Crippen LogP contribution in [0.2, 0.25) is 0 Å². The second-order valence-electron chi connectivity index (χ2n) is 3.90. The molecule has 5 nitrogen and oxygen atoms in total. The molecule has 0 saturated heterocycles. The Morgan fingerprint density at radius 1 is 1.41 bits per heavy atom. The average Bonchev–Trinajstić information content (AvgIpc) is 2.34. The maximum absolute atomic E-state index is 7.25. The molecule has 1 heterocycles. The van der Waals surface area contributed by atoms with Gasteiger partial charge < -0.3 is 10.5 Å². The van der Waals surface area contributed by atoms with Crippen LogP contribution in [0, 0.1) is 5.41 Å². The van der Waals surface area contributed by atoms with E-state index in [1.165, 1.54) is 5.56 Å². The van der Waals surface area contributed by atoms with E-state index in [1.54, 1.807) is 19.5 Å². The van der Waals surface area contributed by atoms with Gasteiger partial charge in [-0.3, -0.25) is 15.3 Å². The summed E-state index contributed by atoms with van der Waals surface area (Å²) in [6.07, 6.45) is 4.17. The molecule has 1 aromatic heterocycles. The molecule has 0 unspecified atom stereocenters. The van der Waals surface area contributed by atoms with Gasteiger partial charge in [0.15, 0.2) is 0 Å². The third-order valence-electron chi connectivity index (χ3n) is 2.46. The molecule has 0 aromatic carbocycles. The number of amidine groups is 1. The van der Waals surface area contributed by atoms with Gasteiger partial charge in [0.05, 0.1) is 12.4 Å². The highest BCUT2D eigenvalue weighted by molar-refractivity contribution is 5.76. The standard InChI is InChI=1S/C12H20N4O/c1-17-9-8-16(7-4-12(13)14)10-11-2-5-15-6-3-11/h2-3,5-6H,4,7-10H2,1H3,(H3,13,14). The van der Waals surface area contributed by atoms with E-state index in [0.717, 1.165) is 19.6 Å². The van der Waals surface area contributed by atoms with Gasteiger partial charge in [-0.2, -0.15) is 0 Å². The van der Waals surface area contributed by atoms with Crippen molar-refractivity contribution in [1.82, 2.24) is 9.88 Å². The van der Waals surface area contributed by atoms with Gasteiger partial charge in [0.1, 0.15) is 0 Å². The van der Waals surface area contributed by atoms with E-state index >= 15 is 0 Å². The molecule has 5 heteroatoms. The first-order valence-corrected chi connectivity index (χ1v) is 5.65. The molecule has 0 aliphatic rings. The molecule has 1 aromatic rings. The van der Waals surface area contributed by atoms with Crippen LogP contribution in [0.4, 0.5) is 0 Å². The number of rotatable bonds is 8. The number of pyridine rings is 1. The molecular weight excluding hydrogens is 216 g/mol. The molecule has 0 radical (unpaired) electrons. The Hall–Kier alpha value is -1.46. The first-order chi connectivity index (χ1) is 8.22. The maximum Gasteiger partial charge on any atom is 0.0918 e. The Bertz CT molecular complexity index is 329. The molecule has 94 valence electrons. The highest BCUT2D eigenvalue weighted by Crippen LogP contribution is 2.03. The Kier molecular flexibility index (Phi) is 6.21. The van der Waals surface area contributed by atoms with Crippen LogP contribution in [0.3, 0.4) is 0 Å². The lowest BCUT2D eigenvalue weighted by atomic mass is 10.2. The lowest BCUT2D eigenvalue weighted by molar-refractivity contribution is 0.145. The molecule has 0 atom stereocenters. The van der Waals surface area contributed by atoms with E-state index in [0.29, 0.717) is 13.0 Å². The minimum absolute atomic E-state index is 0.224. The zero-order valence-electron chi connectivity index (χ0n) is 10.2.